The van der Waals surface area contributed by atoms with E-state index in [1.165, 1.54) is 17.0 Å². The molecule has 1 aromatic heterocycles. The van der Waals surface area contributed by atoms with Crippen LogP contribution < -0.4 is 10.6 Å². The Bertz CT molecular complexity index is 569. The predicted octanol–water partition coefficient (Wildman–Crippen LogP) is 3.33. The van der Waals surface area contributed by atoms with Gasteiger partial charge in [0.2, 0.25) is 0 Å². The summed E-state index contributed by atoms with van der Waals surface area (Å²) in [5.74, 6) is 0.451. The lowest BCUT2D eigenvalue weighted by Crippen LogP contribution is -2.42. The number of anilines is 1. The minimum atomic E-state index is -0.595. The maximum Gasteiger partial charge on any atom is 0.319 e. The first-order chi connectivity index (χ1) is 9.58. The quantitative estimate of drug-likeness (QED) is 0.910. The molecule has 0 saturated carbocycles. The number of carbonyl (C=O) groups is 1. The Balaban J connectivity index is 2.10. The molecular weight excluding hydrogens is 259 g/mol. The largest absolute Gasteiger partial charge is 0.469 e. The van der Waals surface area contributed by atoms with Gasteiger partial charge in [0.15, 0.2) is 0 Å². The molecule has 0 radical (unpaired) electrons. The van der Waals surface area contributed by atoms with Crippen molar-refractivity contribution in [2.24, 2.45) is 5.73 Å². The number of halogens is 1. The van der Waals surface area contributed by atoms with Crippen LogP contribution in [0.25, 0.3) is 0 Å². The lowest BCUT2D eigenvalue weighted by atomic mass is 10.1. The Morgan fingerprint density at radius 1 is 1.40 bits per heavy atom. The zero-order valence-corrected chi connectivity index (χ0v) is 11.3. The number of hydrogen-bond donors (Lipinski definition) is 1. The number of benzene rings is 1. The summed E-state index contributed by atoms with van der Waals surface area (Å²) in [5, 5.41) is 0. The molecule has 0 bridgehead atoms. The highest BCUT2D eigenvalue weighted by Crippen LogP contribution is 2.20. The van der Waals surface area contributed by atoms with Gasteiger partial charge in [-0.1, -0.05) is 6.07 Å². The molecule has 0 aliphatic rings. The zero-order chi connectivity index (χ0) is 14.5. The van der Waals surface area contributed by atoms with Crippen LogP contribution in [-0.2, 0) is 6.42 Å². The van der Waals surface area contributed by atoms with Crippen molar-refractivity contribution in [2.75, 3.05) is 4.90 Å². The Kier molecular flexibility index (Phi) is 4.40. The Morgan fingerprint density at radius 3 is 2.80 bits per heavy atom. The molecule has 5 heteroatoms. The van der Waals surface area contributed by atoms with E-state index >= 15 is 0 Å². The smallest absolute Gasteiger partial charge is 0.319 e. The third kappa shape index (κ3) is 3.38. The predicted molar refractivity (Wildman–Crippen MR) is 75.0 cm³/mol. The summed E-state index contributed by atoms with van der Waals surface area (Å²) in [4.78, 5) is 13.0. The van der Waals surface area contributed by atoms with Gasteiger partial charge in [-0.2, -0.15) is 0 Å². The summed E-state index contributed by atoms with van der Waals surface area (Å²) in [7, 11) is 0. The molecule has 1 heterocycles. The zero-order valence-electron chi connectivity index (χ0n) is 11.3. The number of urea groups is 1. The minimum Gasteiger partial charge on any atom is -0.469 e. The molecular formula is C15H17FN2O2. The third-order valence-corrected chi connectivity index (χ3v) is 3.15. The van der Waals surface area contributed by atoms with Gasteiger partial charge in [-0.25, -0.2) is 9.18 Å². The molecule has 2 amide bonds. The summed E-state index contributed by atoms with van der Waals surface area (Å²) >= 11 is 0. The second kappa shape index (κ2) is 6.23. The van der Waals surface area contributed by atoms with E-state index in [4.69, 9.17) is 10.2 Å². The first-order valence-corrected chi connectivity index (χ1v) is 6.44. The monoisotopic (exact) mass is 276 g/mol. The third-order valence-electron chi connectivity index (χ3n) is 3.15. The molecule has 4 nitrogen and oxygen atoms in total. The lowest BCUT2D eigenvalue weighted by Gasteiger charge is -2.27. The summed E-state index contributed by atoms with van der Waals surface area (Å²) in [6.07, 6.45) is 2.97. The van der Waals surface area contributed by atoms with Crippen LogP contribution in [0.15, 0.2) is 47.1 Å². The second-order valence-electron chi connectivity index (χ2n) is 4.66. The molecule has 0 saturated heterocycles. The fourth-order valence-corrected chi connectivity index (χ4v) is 2.16. The standard InChI is InChI=1S/C15H17FN2O2/c1-11(7-8-14-6-3-9-20-14)18(15(17)19)13-5-2-4-12(16)10-13/h2-6,9-11H,7-8H2,1H3,(H2,17,19). The highest BCUT2D eigenvalue weighted by molar-refractivity contribution is 5.91. The second-order valence-corrected chi connectivity index (χ2v) is 4.66. The number of primary amides is 1. The molecule has 2 N–H and O–H groups in total. The maximum absolute atomic E-state index is 13.3. The van der Waals surface area contributed by atoms with Gasteiger partial charge in [-0.3, -0.25) is 4.90 Å². The molecule has 1 atom stereocenters. The van der Waals surface area contributed by atoms with Gasteiger partial charge in [0.25, 0.3) is 0 Å². The number of amides is 2. The first-order valence-electron chi connectivity index (χ1n) is 6.44. The maximum atomic E-state index is 13.3. The molecule has 2 aromatic rings. The van der Waals surface area contributed by atoms with Gasteiger partial charge < -0.3 is 10.2 Å². The van der Waals surface area contributed by atoms with Crippen molar-refractivity contribution in [1.82, 2.24) is 0 Å². The van der Waals surface area contributed by atoms with Gasteiger partial charge in [0, 0.05) is 18.2 Å². The number of furan rings is 1. The van der Waals surface area contributed by atoms with Crippen LogP contribution in [-0.4, -0.2) is 12.1 Å². The van der Waals surface area contributed by atoms with Gasteiger partial charge in [-0.15, -0.1) is 0 Å². The van der Waals surface area contributed by atoms with E-state index in [0.29, 0.717) is 18.5 Å². The lowest BCUT2D eigenvalue weighted by molar-refractivity contribution is 0.251. The van der Waals surface area contributed by atoms with Crippen LogP contribution in [0.5, 0.6) is 0 Å². The Hall–Kier alpha value is -2.30. The number of nitrogens with zero attached hydrogens (tertiary/aromatic N) is 1. The van der Waals surface area contributed by atoms with Crippen LogP contribution in [0.2, 0.25) is 0 Å². The molecule has 1 unspecified atom stereocenters. The normalized spacial score (nSPS) is 12.1. The van der Waals surface area contributed by atoms with E-state index in [0.717, 1.165) is 5.76 Å². The van der Waals surface area contributed by atoms with E-state index in [2.05, 4.69) is 0 Å². The fraction of sp³-hybridized carbons (Fsp3) is 0.267. The molecule has 0 spiro atoms. The van der Waals surface area contributed by atoms with Crippen LogP contribution in [0.1, 0.15) is 19.1 Å². The minimum absolute atomic E-state index is 0.153. The van der Waals surface area contributed by atoms with Crippen LogP contribution in [0.3, 0.4) is 0 Å². The van der Waals surface area contributed by atoms with Crippen LogP contribution in [0, 0.1) is 5.82 Å². The van der Waals surface area contributed by atoms with Gasteiger partial charge in [-0.05, 0) is 43.7 Å². The molecule has 106 valence electrons. The van der Waals surface area contributed by atoms with Gasteiger partial charge in [0.05, 0.1) is 6.26 Å². The number of carbonyl (C=O) groups excluding carboxylic acids is 1. The van der Waals surface area contributed by atoms with Crippen molar-refractivity contribution in [2.45, 2.75) is 25.8 Å². The molecule has 20 heavy (non-hydrogen) atoms. The summed E-state index contributed by atoms with van der Waals surface area (Å²) in [6, 6.07) is 8.80. The van der Waals surface area contributed by atoms with Crippen molar-refractivity contribution in [3.05, 3.63) is 54.2 Å². The summed E-state index contributed by atoms with van der Waals surface area (Å²) in [5.41, 5.74) is 5.87. The van der Waals surface area contributed by atoms with E-state index < -0.39 is 11.8 Å². The number of rotatable bonds is 5. The van der Waals surface area contributed by atoms with Crippen molar-refractivity contribution in [3.63, 3.8) is 0 Å². The number of hydrogen-bond acceptors (Lipinski definition) is 2. The van der Waals surface area contributed by atoms with Gasteiger partial charge >= 0.3 is 6.03 Å². The van der Waals surface area contributed by atoms with E-state index in [1.54, 1.807) is 18.4 Å². The summed E-state index contributed by atoms with van der Waals surface area (Å²) in [6.45, 7) is 1.87. The van der Waals surface area contributed by atoms with E-state index in [9.17, 15) is 9.18 Å². The number of aryl methyl sites for hydroxylation is 1. The topological polar surface area (TPSA) is 59.5 Å². The molecule has 0 fully saturated rings. The van der Waals surface area contributed by atoms with Crippen molar-refractivity contribution >= 4 is 11.7 Å². The Morgan fingerprint density at radius 2 is 2.20 bits per heavy atom. The highest BCUT2D eigenvalue weighted by Gasteiger charge is 2.20. The Labute approximate surface area is 117 Å². The van der Waals surface area contributed by atoms with Gasteiger partial charge in [0.1, 0.15) is 11.6 Å². The van der Waals surface area contributed by atoms with Crippen molar-refractivity contribution in [1.29, 1.82) is 0 Å². The molecule has 0 aliphatic heterocycles. The first kappa shape index (κ1) is 14.1. The number of nitrogens with two attached hydrogens (primary N) is 1. The SMILES string of the molecule is CC(CCc1ccco1)N(C(N)=O)c1cccc(F)c1. The molecule has 2 rings (SSSR count). The van der Waals surface area contributed by atoms with Crippen LogP contribution in [0.4, 0.5) is 14.9 Å². The van der Waals surface area contributed by atoms with Crippen LogP contribution >= 0.6 is 0 Å². The average molecular weight is 276 g/mol. The van der Waals surface area contributed by atoms with Crippen molar-refractivity contribution < 1.29 is 13.6 Å². The van der Waals surface area contributed by atoms with E-state index in [1.807, 2.05) is 19.1 Å². The average Bonchev–Trinajstić information content (AvgIpc) is 2.89. The van der Waals surface area contributed by atoms with Crippen molar-refractivity contribution in [3.8, 4) is 0 Å². The molecule has 1 aromatic carbocycles. The molecule has 0 aliphatic carbocycles. The fourth-order valence-electron chi connectivity index (χ4n) is 2.16. The summed E-state index contributed by atoms with van der Waals surface area (Å²) < 4.78 is 18.5. The van der Waals surface area contributed by atoms with E-state index in [-0.39, 0.29) is 6.04 Å². The highest BCUT2D eigenvalue weighted by atomic mass is 19.1.